The van der Waals surface area contributed by atoms with E-state index < -0.39 is 17.4 Å². The largest absolute Gasteiger partial charge is 0.288 e. The van der Waals surface area contributed by atoms with Gasteiger partial charge in [0.25, 0.3) is 0 Å². The molecule has 0 fully saturated rings. The lowest BCUT2D eigenvalue weighted by molar-refractivity contribution is 0.103. The van der Waals surface area contributed by atoms with Gasteiger partial charge in [-0.3, -0.25) is 4.79 Å². The van der Waals surface area contributed by atoms with Crippen molar-refractivity contribution in [3.63, 3.8) is 0 Å². The first-order valence-electron chi connectivity index (χ1n) is 5.59. The second-order valence-corrected chi connectivity index (χ2v) is 10.6. The van der Waals surface area contributed by atoms with Crippen LogP contribution in [0.25, 0.3) is 0 Å². The van der Waals surface area contributed by atoms with Crippen molar-refractivity contribution in [1.82, 2.24) is 0 Å². The summed E-state index contributed by atoms with van der Waals surface area (Å²) in [4.78, 5) is 13.1. The summed E-state index contributed by atoms with van der Waals surface area (Å²) in [5.41, 5.74) is 0.337. The first-order chi connectivity index (χ1) is 11.0. The Morgan fingerprint density at radius 1 is 0.500 bits per heavy atom. The van der Waals surface area contributed by atoms with Gasteiger partial charge < -0.3 is 0 Å². The molecular weight excluding hydrogens is 849 g/mol. The number of ketones is 1. The summed E-state index contributed by atoms with van der Waals surface area (Å²) in [6.07, 6.45) is 0. The maximum absolute atomic E-state index is 14.1. The van der Waals surface area contributed by atoms with Crippen molar-refractivity contribution >= 4 is 133 Å². The second kappa shape index (κ2) is 8.45. The quantitative estimate of drug-likeness (QED) is 0.168. The third-order valence-corrected chi connectivity index (χ3v) is 11.2. The number of hydrogen-bond donors (Lipinski definition) is 0. The third-order valence-electron chi connectivity index (χ3n) is 2.87. The minimum atomic E-state index is -0.565. The first-order valence-corrected chi connectivity index (χ1v) is 11.9. The number of benzene rings is 2. The summed E-state index contributed by atoms with van der Waals surface area (Å²) in [6, 6.07) is 0. The topological polar surface area (TPSA) is 17.1 Å². The molecule has 0 saturated heterocycles. The van der Waals surface area contributed by atoms with Crippen molar-refractivity contribution in [3.8, 4) is 0 Å². The standard InChI is InChI=1S/C13Br8F2O/c14-3-1(4(15)8(19)11(22)7(3)18)13(24)2-5(16)9(20)12(23)10(21)6(2)17. The number of carbonyl (C=O) groups excluding carboxylic acids is 1. The van der Waals surface area contributed by atoms with Gasteiger partial charge in [0.2, 0.25) is 0 Å². The molecule has 0 spiro atoms. The zero-order valence-corrected chi connectivity index (χ0v) is 23.4. The molecule has 0 unspecified atom stereocenters. The minimum Gasteiger partial charge on any atom is -0.288 e. The van der Waals surface area contributed by atoms with Crippen LogP contribution in [0.3, 0.4) is 0 Å². The van der Waals surface area contributed by atoms with Gasteiger partial charge >= 0.3 is 0 Å². The van der Waals surface area contributed by atoms with Crippen LogP contribution in [0.15, 0.2) is 35.8 Å². The van der Waals surface area contributed by atoms with E-state index in [4.69, 9.17) is 0 Å². The Labute approximate surface area is 202 Å². The lowest BCUT2D eigenvalue weighted by Gasteiger charge is -2.15. The highest BCUT2D eigenvalue weighted by molar-refractivity contribution is 9.14. The second-order valence-electron chi connectivity index (χ2n) is 4.22. The minimum absolute atomic E-state index is 0.0911. The van der Waals surface area contributed by atoms with E-state index >= 15 is 0 Å². The third kappa shape index (κ3) is 3.71. The predicted octanol–water partition coefficient (Wildman–Crippen LogP) is 9.30. The zero-order chi connectivity index (χ0) is 18.5. The highest BCUT2D eigenvalue weighted by Crippen LogP contribution is 2.46. The summed E-state index contributed by atoms with van der Waals surface area (Å²) in [7, 11) is 0. The lowest BCUT2D eigenvalue weighted by Crippen LogP contribution is -2.09. The van der Waals surface area contributed by atoms with E-state index in [0.717, 1.165) is 0 Å². The number of halogens is 10. The van der Waals surface area contributed by atoms with Gasteiger partial charge in [0, 0.05) is 17.9 Å². The summed E-state index contributed by atoms with van der Waals surface area (Å²) in [5.74, 6) is -1.59. The van der Waals surface area contributed by atoms with Crippen LogP contribution in [0.4, 0.5) is 8.78 Å². The Balaban J connectivity index is 2.87. The van der Waals surface area contributed by atoms with E-state index in [1.54, 1.807) is 0 Å². The molecule has 128 valence electrons. The van der Waals surface area contributed by atoms with Crippen molar-refractivity contribution in [2.75, 3.05) is 0 Å². The van der Waals surface area contributed by atoms with Crippen LogP contribution in [0.2, 0.25) is 0 Å². The maximum atomic E-state index is 14.1. The molecule has 0 heterocycles. The molecule has 0 aliphatic carbocycles. The molecule has 0 saturated carbocycles. The number of carbonyl (C=O) groups is 1. The van der Waals surface area contributed by atoms with Crippen LogP contribution in [0.5, 0.6) is 0 Å². The molecule has 0 atom stereocenters. The van der Waals surface area contributed by atoms with E-state index in [1.807, 2.05) is 0 Å². The van der Waals surface area contributed by atoms with Gasteiger partial charge in [-0.05, 0) is 127 Å². The van der Waals surface area contributed by atoms with Crippen LogP contribution in [-0.2, 0) is 0 Å². The summed E-state index contributed by atoms with van der Waals surface area (Å²) < 4.78 is 29.5. The molecule has 11 heteroatoms. The Kier molecular flexibility index (Phi) is 7.78. The fourth-order valence-corrected chi connectivity index (χ4v) is 6.59. The molecule has 0 aliphatic rings. The maximum Gasteiger partial charge on any atom is 0.197 e. The SMILES string of the molecule is O=C(c1c(Br)c(Br)c(F)c(Br)c1Br)c1c(Br)c(Br)c(F)c(Br)c1Br. The number of hydrogen-bond acceptors (Lipinski definition) is 1. The molecule has 0 bridgehead atoms. The Morgan fingerprint density at radius 2 is 0.708 bits per heavy atom. The van der Waals surface area contributed by atoms with Crippen LogP contribution in [0.1, 0.15) is 15.9 Å². The van der Waals surface area contributed by atoms with Crippen molar-refractivity contribution < 1.29 is 13.6 Å². The van der Waals surface area contributed by atoms with Gasteiger partial charge in [0.1, 0.15) is 0 Å². The van der Waals surface area contributed by atoms with Crippen LogP contribution in [-0.4, -0.2) is 5.78 Å². The molecule has 24 heavy (non-hydrogen) atoms. The van der Waals surface area contributed by atoms with E-state index in [9.17, 15) is 13.6 Å². The molecule has 2 rings (SSSR count). The molecule has 2 aromatic carbocycles. The Hall–Kier alpha value is 1.81. The van der Waals surface area contributed by atoms with Crippen molar-refractivity contribution in [2.45, 2.75) is 0 Å². The smallest absolute Gasteiger partial charge is 0.197 e. The van der Waals surface area contributed by atoms with Gasteiger partial charge in [-0.2, -0.15) is 0 Å². The van der Waals surface area contributed by atoms with Crippen LogP contribution >= 0.6 is 127 Å². The van der Waals surface area contributed by atoms with Crippen molar-refractivity contribution in [3.05, 3.63) is 58.5 Å². The Bertz CT molecular complexity index is 767. The fourth-order valence-electron chi connectivity index (χ4n) is 1.73. The number of rotatable bonds is 2. The molecule has 2 aromatic rings. The zero-order valence-electron chi connectivity index (χ0n) is 10.7. The molecule has 0 N–H and O–H groups in total. The predicted molar refractivity (Wildman–Crippen MR) is 118 cm³/mol. The molecule has 0 radical (unpaired) electrons. The lowest BCUT2D eigenvalue weighted by atomic mass is 10.0. The normalized spacial score (nSPS) is 11.1. The Morgan fingerprint density at radius 3 is 0.917 bits per heavy atom. The fraction of sp³-hybridized carbons (Fsp3) is 0. The van der Waals surface area contributed by atoms with Crippen molar-refractivity contribution in [2.24, 2.45) is 0 Å². The average Bonchev–Trinajstić information content (AvgIpc) is 2.55. The molecule has 0 aliphatic heterocycles. The monoisotopic (exact) mass is 841 g/mol. The highest BCUT2D eigenvalue weighted by Gasteiger charge is 2.30. The van der Waals surface area contributed by atoms with Gasteiger partial charge in [-0.15, -0.1) is 0 Å². The van der Waals surface area contributed by atoms with Crippen LogP contribution in [0, 0.1) is 11.6 Å². The van der Waals surface area contributed by atoms with Gasteiger partial charge in [0.05, 0.1) is 29.0 Å². The first kappa shape index (κ1) is 22.1. The van der Waals surface area contributed by atoms with Crippen LogP contribution < -0.4 is 0 Å². The highest BCUT2D eigenvalue weighted by atomic mass is 79.9. The van der Waals surface area contributed by atoms with Gasteiger partial charge in [0.15, 0.2) is 17.4 Å². The van der Waals surface area contributed by atoms with Crippen molar-refractivity contribution in [1.29, 1.82) is 0 Å². The summed E-state index contributed by atoms with van der Waals surface area (Å²) >= 11 is 25.3. The van der Waals surface area contributed by atoms with E-state index in [1.165, 1.54) is 0 Å². The van der Waals surface area contributed by atoms with Gasteiger partial charge in [-0.1, -0.05) is 0 Å². The van der Waals surface area contributed by atoms with E-state index in [0.29, 0.717) is 0 Å². The molecule has 0 aromatic heterocycles. The molecule has 1 nitrogen and oxygen atoms in total. The average molecular weight is 849 g/mol. The molecule has 0 amide bonds. The molecular formula is C13Br8F2O. The van der Waals surface area contributed by atoms with Gasteiger partial charge in [-0.25, -0.2) is 8.78 Å². The van der Waals surface area contributed by atoms with E-state index in [2.05, 4.69) is 127 Å². The van der Waals surface area contributed by atoms with E-state index in [-0.39, 0.29) is 46.9 Å². The summed E-state index contributed by atoms with van der Waals surface area (Å²) in [6.45, 7) is 0. The summed E-state index contributed by atoms with van der Waals surface area (Å²) in [5, 5.41) is 0.